The van der Waals surface area contributed by atoms with E-state index in [0.717, 1.165) is 30.0 Å². The van der Waals surface area contributed by atoms with Crippen molar-refractivity contribution in [2.75, 3.05) is 19.8 Å². The maximum absolute atomic E-state index is 12.5. The normalized spacial score (nSPS) is 28.7. The van der Waals surface area contributed by atoms with Crippen LogP contribution in [0, 0.1) is 5.92 Å². The lowest BCUT2D eigenvalue weighted by Crippen LogP contribution is -2.46. The van der Waals surface area contributed by atoms with Crippen molar-refractivity contribution in [3.8, 4) is 0 Å². The summed E-state index contributed by atoms with van der Waals surface area (Å²) >= 11 is 0. The van der Waals surface area contributed by atoms with Crippen LogP contribution in [0.1, 0.15) is 38.5 Å². The van der Waals surface area contributed by atoms with Crippen LogP contribution in [0.4, 0.5) is 0 Å². The Kier molecular flexibility index (Phi) is 5.11. The van der Waals surface area contributed by atoms with E-state index in [0.29, 0.717) is 6.42 Å². The smallest absolute Gasteiger partial charge is 0.326 e. The molecule has 1 aliphatic carbocycles. The molecule has 0 aromatic rings. The maximum Gasteiger partial charge on any atom is 0.326 e. The molecule has 1 amide bonds. The Labute approximate surface area is 131 Å². The molecule has 1 aliphatic heterocycles. The fourth-order valence-electron chi connectivity index (χ4n) is 3.57. The van der Waals surface area contributed by atoms with Gasteiger partial charge in [0.1, 0.15) is 6.04 Å². The molecule has 0 bridgehead atoms. The highest BCUT2D eigenvalue weighted by molar-refractivity contribution is 7.89. The number of carbonyl (C=O) groups is 2. The SMILES string of the molecule is CN(C)S(=O)(=O)CCC(=O)N1C(C(=O)O)CC2CCCCC21. The van der Waals surface area contributed by atoms with Gasteiger partial charge in [0, 0.05) is 26.6 Å². The summed E-state index contributed by atoms with van der Waals surface area (Å²) in [6, 6.07) is -0.841. The summed E-state index contributed by atoms with van der Waals surface area (Å²) in [7, 11) is -0.604. The van der Waals surface area contributed by atoms with Gasteiger partial charge in [-0.15, -0.1) is 0 Å². The summed E-state index contributed by atoms with van der Waals surface area (Å²) in [6.07, 6.45) is 4.17. The molecule has 1 N–H and O–H groups in total. The zero-order chi connectivity index (χ0) is 16.5. The zero-order valence-electron chi connectivity index (χ0n) is 13.1. The van der Waals surface area contributed by atoms with Crippen LogP contribution < -0.4 is 0 Å². The van der Waals surface area contributed by atoms with E-state index in [1.807, 2.05) is 0 Å². The Balaban J connectivity index is 2.09. The van der Waals surface area contributed by atoms with Crippen LogP contribution in [0.5, 0.6) is 0 Å². The largest absolute Gasteiger partial charge is 0.480 e. The first kappa shape index (κ1) is 17.2. The van der Waals surface area contributed by atoms with Gasteiger partial charge in [-0.1, -0.05) is 12.8 Å². The number of hydrogen-bond donors (Lipinski definition) is 1. The van der Waals surface area contributed by atoms with Crippen molar-refractivity contribution in [3.63, 3.8) is 0 Å². The minimum Gasteiger partial charge on any atom is -0.480 e. The van der Waals surface area contributed by atoms with E-state index in [-0.39, 0.29) is 30.0 Å². The van der Waals surface area contributed by atoms with Crippen LogP contribution in [0.25, 0.3) is 0 Å². The summed E-state index contributed by atoms with van der Waals surface area (Å²) < 4.78 is 24.7. The number of likely N-dealkylation sites (tertiary alicyclic amines) is 1. The van der Waals surface area contributed by atoms with Gasteiger partial charge in [-0.25, -0.2) is 17.5 Å². The molecule has 22 heavy (non-hydrogen) atoms. The maximum atomic E-state index is 12.5. The first-order valence-corrected chi connectivity index (χ1v) is 9.29. The molecule has 3 atom stereocenters. The lowest BCUT2D eigenvalue weighted by Gasteiger charge is -2.33. The second-order valence-electron chi connectivity index (χ2n) is 6.35. The van der Waals surface area contributed by atoms with E-state index in [2.05, 4.69) is 0 Å². The Morgan fingerprint density at radius 2 is 1.86 bits per heavy atom. The lowest BCUT2D eigenvalue weighted by atomic mass is 9.84. The Bertz CT molecular complexity index is 545. The molecule has 7 nitrogen and oxygen atoms in total. The van der Waals surface area contributed by atoms with Crippen LogP contribution in [-0.4, -0.2) is 66.5 Å². The van der Waals surface area contributed by atoms with Gasteiger partial charge in [0.2, 0.25) is 15.9 Å². The quantitative estimate of drug-likeness (QED) is 0.791. The van der Waals surface area contributed by atoms with Crippen molar-refractivity contribution in [2.24, 2.45) is 5.92 Å². The van der Waals surface area contributed by atoms with E-state index in [9.17, 15) is 23.1 Å². The molecule has 1 saturated heterocycles. The summed E-state index contributed by atoms with van der Waals surface area (Å²) in [5, 5.41) is 9.38. The summed E-state index contributed by atoms with van der Waals surface area (Å²) in [6.45, 7) is 0. The van der Waals surface area contributed by atoms with E-state index in [1.54, 1.807) is 0 Å². The zero-order valence-corrected chi connectivity index (χ0v) is 13.9. The Morgan fingerprint density at radius 1 is 1.23 bits per heavy atom. The van der Waals surface area contributed by atoms with Gasteiger partial charge in [0.25, 0.3) is 0 Å². The highest BCUT2D eigenvalue weighted by Crippen LogP contribution is 2.40. The molecule has 0 spiro atoms. The topological polar surface area (TPSA) is 95.0 Å². The van der Waals surface area contributed by atoms with E-state index >= 15 is 0 Å². The lowest BCUT2D eigenvalue weighted by molar-refractivity contribution is -0.149. The minimum atomic E-state index is -3.45. The number of hydrogen-bond acceptors (Lipinski definition) is 4. The van der Waals surface area contributed by atoms with Crippen molar-refractivity contribution >= 4 is 21.9 Å². The molecule has 0 aromatic carbocycles. The first-order valence-electron chi connectivity index (χ1n) is 7.68. The number of carboxylic acid groups (broad SMARTS) is 1. The van der Waals surface area contributed by atoms with Gasteiger partial charge in [-0.2, -0.15) is 0 Å². The number of aliphatic carboxylic acids is 1. The number of rotatable bonds is 5. The molecular weight excluding hydrogens is 308 g/mol. The van der Waals surface area contributed by atoms with Crippen molar-refractivity contribution in [2.45, 2.75) is 50.6 Å². The van der Waals surface area contributed by atoms with Crippen molar-refractivity contribution in [1.82, 2.24) is 9.21 Å². The molecule has 0 aromatic heterocycles. The van der Waals surface area contributed by atoms with Gasteiger partial charge in [-0.3, -0.25) is 4.79 Å². The van der Waals surface area contributed by atoms with Crippen molar-refractivity contribution < 1.29 is 23.1 Å². The Hall–Kier alpha value is -1.15. The highest BCUT2D eigenvalue weighted by atomic mass is 32.2. The number of nitrogens with zero attached hydrogens (tertiary/aromatic N) is 2. The van der Waals surface area contributed by atoms with E-state index in [1.165, 1.54) is 19.0 Å². The predicted octanol–water partition coefficient (Wildman–Crippen LogP) is 0.512. The number of carbonyl (C=O) groups excluding carboxylic acids is 1. The molecule has 2 aliphatic rings. The minimum absolute atomic E-state index is 0.0376. The standard InChI is InChI=1S/C14H24N2O5S/c1-15(2)22(20,21)8-7-13(17)16-11-6-4-3-5-10(11)9-12(16)14(18)19/h10-12H,3-9H2,1-2H3,(H,18,19). The fraction of sp³-hybridized carbons (Fsp3) is 0.857. The third-order valence-corrected chi connectivity index (χ3v) is 6.62. The summed E-state index contributed by atoms with van der Waals surface area (Å²) in [5.74, 6) is -1.38. The van der Waals surface area contributed by atoms with Crippen LogP contribution in [0.3, 0.4) is 0 Å². The molecule has 1 heterocycles. The molecule has 2 rings (SSSR count). The predicted molar refractivity (Wildman–Crippen MR) is 80.7 cm³/mol. The fourth-order valence-corrected chi connectivity index (χ4v) is 4.36. The number of amides is 1. The average Bonchev–Trinajstić information content (AvgIpc) is 2.84. The van der Waals surface area contributed by atoms with Gasteiger partial charge < -0.3 is 10.0 Å². The summed E-state index contributed by atoms with van der Waals surface area (Å²) in [5.41, 5.74) is 0. The van der Waals surface area contributed by atoms with E-state index < -0.39 is 22.0 Å². The third-order valence-electron chi connectivity index (χ3n) is 4.79. The van der Waals surface area contributed by atoms with Crippen LogP contribution in [0.15, 0.2) is 0 Å². The molecule has 0 radical (unpaired) electrons. The van der Waals surface area contributed by atoms with Gasteiger partial charge in [-0.05, 0) is 25.2 Å². The number of sulfonamides is 1. The van der Waals surface area contributed by atoms with Gasteiger partial charge >= 0.3 is 5.97 Å². The van der Waals surface area contributed by atoms with E-state index in [4.69, 9.17) is 0 Å². The molecule has 3 unspecified atom stereocenters. The summed E-state index contributed by atoms with van der Waals surface area (Å²) in [4.78, 5) is 25.4. The molecule has 2 fully saturated rings. The van der Waals surface area contributed by atoms with Crippen LogP contribution >= 0.6 is 0 Å². The first-order chi connectivity index (χ1) is 10.2. The van der Waals surface area contributed by atoms with Crippen molar-refractivity contribution in [3.05, 3.63) is 0 Å². The molecule has 126 valence electrons. The monoisotopic (exact) mass is 332 g/mol. The van der Waals surface area contributed by atoms with Crippen LogP contribution in [0.2, 0.25) is 0 Å². The molecule has 1 saturated carbocycles. The third kappa shape index (κ3) is 3.43. The number of fused-ring (bicyclic) bond motifs is 1. The molecular formula is C14H24N2O5S. The molecule has 8 heteroatoms. The second-order valence-corrected chi connectivity index (χ2v) is 8.65. The van der Waals surface area contributed by atoms with Gasteiger partial charge in [0.05, 0.1) is 5.75 Å². The Morgan fingerprint density at radius 3 is 2.45 bits per heavy atom. The highest BCUT2D eigenvalue weighted by Gasteiger charge is 2.47. The van der Waals surface area contributed by atoms with Gasteiger partial charge in [0.15, 0.2) is 0 Å². The second kappa shape index (κ2) is 6.54. The average molecular weight is 332 g/mol. The number of carboxylic acids is 1. The van der Waals surface area contributed by atoms with Crippen molar-refractivity contribution in [1.29, 1.82) is 0 Å². The van der Waals surface area contributed by atoms with Crippen LogP contribution in [-0.2, 0) is 19.6 Å².